The predicted octanol–water partition coefficient (Wildman–Crippen LogP) is 4.11. The van der Waals surface area contributed by atoms with Crippen LogP contribution in [0.5, 0.6) is 0 Å². The summed E-state index contributed by atoms with van der Waals surface area (Å²) in [7, 11) is 0. The molecule has 94 valence electrons. The number of anilines is 1. The first kappa shape index (κ1) is 12.1. The van der Waals surface area contributed by atoms with E-state index in [1.165, 1.54) is 21.2 Å². The molecule has 0 unspecified atom stereocenters. The minimum Gasteiger partial charge on any atom is -0.384 e. The average molecular weight is 266 g/mol. The van der Waals surface area contributed by atoms with E-state index in [2.05, 4.69) is 47.4 Å². The largest absolute Gasteiger partial charge is 0.384 e. The van der Waals surface area contributed by atoms with Gasteiger partial charge in [-0.2, -0.15) is 0 Å². The Balaban J connectivity index is 1.76. The molecule has 0 aliphatic heterocycles. The van der Waals surface area contributed by atoms with Crippen LogP contribution in [0.4, 0.5) is 5.82 Å². The fourth-order valence-electron chi connectivity index (χ4n) is 1.95. The summed E-state index contributed by atoms with van der Waals surface area (Å²) in [5.41, 5.74) is 6.77. The molecule has 0 saturated carbocycles. The van der Waals surface area contributed by atoms with Crippen molar-refractivity contribution in [2.45, 2.75) is 10.6 Å². The van der Waals surface area contributed by atoms with Crippen molar-refractivity contribution in [1.82, 2.24) is 4.98 Å². The second kappa shape index (κ2) is 5.33. The number of hydrogen-bond donors (Lipinski definition) is 1. The number of pyridine rings is 1. The zero-order valence-corrected chi connectivity index (χ0v) is 11.2. The molecule has 0 aliphatic rings. The molecule has 0 saturated heterocycles. The number of benzene rings is 2. The van der Waals surface area contributed by atoms with E-state index in [0.717, 1.165) is 5.75 Å². The van der Waals surface area contributed by atoms with Gasteiger partial charge in [-0.3, -0.25) is 0 Å². The Bertz CT molecular complexity index is 692. The van der Waals surface area contributed by atoms with Crippen LogP contribution in [0.2, 0.25) is 0 Å². The van der Waals surface area contributed by atoms with Crippen LogP contribution in [0.3, 0.4) is 0 Å². The third-order valence-electron chi connectivity index (χ3n) is 2.97. The minimum absolute atomic E-state index is 0.569. The average Bonchev–Trinajstić information content (AvgIpc) is 2.46. The minimum atomic E-state index is 0.569. The Kier molecular flexibility index (Phi) is 3.38. The lowest BCUT2D eigenvalue weighted by Gasteiger charge is -2.04. The van der Waals surface area contributed by atoms with Gasteiger partial charge in [0.1, 0.15) is 5.82 Å². The van der Waals surface area contributed by atoms with E-state index < -0.39 is 0 Å². The van der Waals surface area contributed by atoms with E-state index in [1.807, 2.05) is 30.1 Å². The third-order valence-corrected chi connectivity index (χ3v) is 4.04. The summed E-state index contributed by atoms with van der Waals surface area (Å²) < 4.78 is 0. The SMILES string of the molecule is Nc1ccc(CSc2ccc3ccccc3c2)cn1. The molecule has 2 N–H and O–H groups in total. The van der Waals surface area contributed by atoms with Gasteiger partial charge in [0.2, 0.25) is 0 Å². The summed E-state index contributed by atoms with van der Waals surface area (Å²) in [6.07, 6.45) is 1.84. The molecule has 0 spiro atoms. The maximum Gasteiger partial charge on any atom is 0.123 e. The highest BCUT2D eigenvalue weighted by molar-refractivity contribution is 7.98. The summed E-state index contributed by atoms with van der Waals surface area (Å²) in [4.78, 5) is 5.38. The first-order chi connectivity index (χ1) is 9.31. The quantitative estimate of drug-likeness (QED) is 0.725. The van der Waals surface area contributed by atoms with Crippen molar-refractivity contribution in [2.75, 3.05) is 5.73 Å². The monoisotopic (exact) mass is 266 g/mol. The van der Waals surface area contributed by atoms with Gasteiger partial charge in [0.15, 0.2) is 0 Å². The summed E-state index contributed by atoms with van der Waals surface area (Å²) in [6.45, 7) is 0. The molecule has 19 heavy (non-hydrogen) atoms. The molecule has 1 aromatic heterocycles. The van der Waals surface area contributed by atoms with Crippen LogP contribution in [0, 0.1) is 0 Å². The molecule has 0 atom stereocenters. The van der Waals surface area contributed by atoms with Crippen molar-refractivity contribution >= 4 is 28.4 Å². The van der Waals surface area contributed by atoms with Crippen LogP contribution in [0.15, 0.2) is 65.7 Å². The van der Waals surface area contributed by atoms with E-state index in [9.17, 15) is 0 Å². The fraction of sp³-hybridized carbons (Fsp3) is 0.0625. The van der Waals surface area contributed by atoms with Gasteiger partial charge in [-0.25, -0.2) is 4.98 Å². The number of nitrogens with two attached hydrogens (primary N) is 1. The smallest absolute Gasteiger partial charge is 0.123 e. The molecular weight excluding hydrogens is 252 g/mol. The van der Waals surface area contributed by atoms with Gasteiger partial charge >= 0.3 is 0 Å². The maximum atomic E-state index is 5.58. The zero-order chi connectivity index (χ0) is 13.1. The van der Waals surface area contributed by atoms with Crippen molar-refractivity contribution in [1.29, 1.82) is 0 Å². The van der Waals surface area contributed by atoms with Gasteiger partial charge in [0, 0.05) is 16.8 Å². The molecule has 1 heterocycles. The maximum absolute atomic E-state index is 5.58. The number of thioether (sulfide) groups is 1. The Hall–Kier alpha value is -2.00. The lowest BCUT2D eigenvalue weighted by Crippen LogP contribution is -1.90. The highest BCUT2D eigenvalue weighted by Gasteiger charge is 1.99. The number of nitrogen functional groups attached to an aromatic ring is 1. The third kappa shape index (κ3) is 2.88. The molecule has 3 rings (SSSR count). The van der Waals surface area contributed by atoms with Crippen molar-refractivity contribution in [3.05, 3.63) is 66.4 Å². The molecule has 0 fully saturated rings. The summed E-state index contributed by atoms with van der Waals surface area (Å²) in [5.74, 6) is 1.48. The van der Waals surface area contributed by atoms with E-state index in [4.69, 9.17) is 5.73 Å². The molecule has 0 radical (unpaired) electrons. The highest BCUT2D eigenvalue weighted by Crippen LogP contribution is 2.26. The molecule has 0 aliphatic carbocycles. The predicted molar refractivity (Wildman–Crippen MR) is 82.2 cm³/mol. The van der Waals surface area contributed by atoms with Gasteiger partial charge in [-0.1, -0.05) is 36.4 Å². The van der Waals surface area contributed by atoms with Crippen LogP contribution in [-0.4, -0.2) is 4.98 Å². The Morgan fingerprint density at radius 3 is 2.58 bits per heavy atom. The van der Waals surface area contributed by atoms with Crippen molar-refractivity contribution < 1.29 is 0 Å². The number of aromatic nitrogens is 1. The van der Waals surface area contributed by atoms with Crippen LogP contribution >= 0.6 is 11.8 Å². The van der Waals surface area contributed by atoms with Crippen molar-refractivity contribution in [2.24, 2.45) is 0 Å². The molecule has 0 bridgehead atoms. The van der Waals surface area contributed by atoms with E-state index in [0.29, 0.717) is 5.82 Å². The normalized spacial score (nSPS) is 10.7. The topological polar surface area (TPSA) is 38.9 Å². The van der Waals surface area contributed by atoms with Crippen LogP contribution in [0.25, 0.3) is 10.8 Å². The second-order valence-electron chi connectivity index (χ2n) is 4.39. The van der Waals surface area contributed by atoms with Gasteiger partial charge in [-0.05, 0) is 34.5 Å². The van der Waals surface area contributed by atoms with Crippen molar-refractivity contribution in [3.8, 4) is 0 Å². The second-order valence-corrected chi connectivity index (χ2v) is 5.44. The van der Waals surface area contributed by atoms with E-state index in [-0.39, 0.29) is 0 Å². The van der Waals surface area contributed by atoms with Gasteiger partial charge in [0.25, 0.3) is 0 Å². The Labute approximate surface area is 116 Å². The van der Waals surface area contributed by atoms with E-state index in [1.54, 1.807) is 0 Å². The summed E-state index contributed by atoms with van der Waals surface area (Å²) in [5, 5.41) is 2.56. The lowest BCUT2D eigenvalue weighted by molar-refractivity contribution is 1.26. The number of fused-ring (bicyclic) bond motifs is 1. The summed E-state index contributed by atoms with van der Waals surface area (Å²) in [6, 6.07) is 18.8. The Morgan fingerprint density at radius 1 is 0.947 bits per heavy atom. The number of hydrogen-bond acceptors (Lipinski definition) is 3. The molecule has 3 aromatic rings. The van der Waals surface area contributed by atoms with Crippen LogP contribution < -0.4 is 5.73 Å². The van der Waals surface area contributed by atoms with Gasteiger partial charge < -0.3 is 5.73 Å². The lowest BCUT2D eigenvalue weighted by atomic mass is 10.1. The molecule has 2 aromatic carbocycles. The van der Waals surface area contributed by atoms with Gasteiger partial charge in [0.05, 0.1) is 0 Å². The molecular formula is C16H14N2S. The van der Waals surface area contributed by atoms with E-state index >= 15 is 0 Å². The molecule has 0 amide bonds. The first-order valence-electron chi connectivity index (χ1n) is 6.13. The van der Waals surface area contributed by atoms with Crippen LogP contribution in [-0.2, 0) is 5.75 Å². The highest BCUT2D eigenvalue weighted by atomic mass is 32.2. The number of rotatable bonds is 3. The molecule has 3 heteroatoms. The Morgan fingerprint density at radius 2 is 1.79 bits per heavy atom. The standard InChI is InChI=1S/C16H14N2S/c17-16-8-5-12(10-18-16)11-19-15-7-6-13-3-1-2-4-14(13)9-15/h1-10H,11H2,(H2,17,18). The fourth-order valence-corrected chi connectivity index (χ4v) is 2.82. The first-order valence-corrected chi connectivity index (χ1v) is 7.12. The van der Waals surface area contributed by atoms with Crippen molar-refractivity contribution in [3.63, 3.8) is 0 Å². The van der Waals surface area contributed by atoms with Gasteiger partial charge in [-0.15, -0.1) is 11.8 Å². The molecule has 2 nitrogen and oxygen atoms in total. The van der Waals surface area contributed by atoms with Crippen LogP contribution in [0.1, 0.15) is 5.56 Å². The zero-order valence-electron chi connectivity index (χ0n) is 10.4. The summed E-state index contributed by atoms with van der Waals surface area (Å²) >= 11 is 1.81. The number of nitrogens with zero attached hydrogens (tertiary/aromatic N) is 1.